The molecule has 1 aromatic rings. The smallest absolute Gasteiger partial charge is 0.339 e. The van der Waals surface area contributed by atoms with Gasteiger partial charge in [-0.1, -0.05) is 0 Å². The number of anilines is 1. The minimum atomic E-state index is -3.40. The van der Waals surface area contributed by atoms with Crippen LogP contribution in [0.25, 0.3) is 0 Å². The van der Waals surface area contributed by atoms with Gasteiger partial charge in [-0.3, -0.25) is 4.31 Å². The van der Waals surface area contributed by atoms with Gasteiger partial charge in [-0.2, -0.15) is 0 Å². The topological polar surface area (TPSA) is 83.9 Å². The lowest BCUT2D eigenvalue weighted by molar-refractivity contribution is 0.0693. The third kappa shape index (κ3) is 2.92. The van der Waals surface area contributed by atoms with E-state index < -0.39 is 16.0 Å². The van der Waals surface area contributed by atoms with Crippen LogP contribution in [0.3, 0.4) is 0 Å². The van der Waals surface area contributed by atoms with Crippen molar-refractivity contribution in [1.82, 2.24) is 0 Å². The van der Waals surface area contributed by atoms with Crippen molar-refractivity contribution in [3.63, 3.8) is 0 Å². The number of carboxylic acid groups (broad SMARTS) is 1. The van der Waals surface area contributed by atoms with Crippen molar-refractivity contribution in [3.8, 4) is 5.75 Å². The number of nitrogens with zero attached hydrogens (tertiary/aromatic N) is 1. The summed E-state index contributed by atoms with van der Waals surface area (Å²) >= 11 is 0. The molecule has 0 aromatic heterocycles. The number of sulfonamides is 1. The largest absolute Gasteiger partial charge is 0.496 e. The average Bonchev–Trinajstić information content (AvgIpc) is 2.27. The molecular weight excluding hydrogens is 258 g/mol. The van der Waals surface area contributed by atoms with E-state index in [0.717, 1.165) is 6.26 Å². The van der Waals surface area contributed by atoms with Crippen LogP contribution in [0.4, 0.5) is 5.69 Å². The summed E-state index contributed by atoms with van der Waals surface area (Å²) in [5.41, 5.74) is 0.368. The maximum atomic E-state index is 11.6. The van der Waals surface area contributed by atoms with Crippen molar-refractivity contribution in [2.24, 2.45) is 0 Å². The Morgan fingerprint density at radius 1 is 1.44 bits per heavy atom. The minimum Gasteiger partial charge on any atom is -0.496 e. The molecule has 0 radical (unpaired) electrons. The summed E-state index contributed by atoms with van der Waals surface area (Å²) in [4.78, 5) is 10.9. The molecule has 0 bridgehead atoms. The normalized spacial score (nSPS) is 11.1. The van der Waals surface area contributed by atoms with E-state index in [0.29, 0.717) is 5.69 Å². The molecule has 0 spiro atoms. The summed E-state index contributed by atoms with van der Waals surface area (Å²) in [5.74, 6) is -0.997. The Morgan fingerprint density at radius 2 is 2.06 bits per heavy atom. The number of methoxy groups -OCH3 is 1. The van der Waals surface area contributed by atoms with Crippen molar-refractivity contribution < 1.29 is 23.1 Å². The SMILES string of the molecule is CCN(c1ccc(C(=O)O)c(OC)c1)S(C)(=O)=O. The Hall–Kier alpha value is -1.76. The molecule has 6 nitrogen and oxygen atoms in total. The highest BCUT2D eigenvalue weighted by Gasteiger charge is 2.18. The monoisotopic (exact) mass is 273 g/mol. The summed E-state index contributed by atoms with van der Waals surface area (Å²) in [6.45, 7) is 1.95. The number of benzene rings is 1. The Morgan fingerprint density at radius 3 is 2.44 bits per heavy atom. The number of carboxylic acids is 1. The van der Waals surface area contributed by atoms with Gasteiger partial charge in [0.1, 0.15) is 11.3 Å². The lowest BCUT2D eigenvalue weighted by Crippen LogP contribution is -2.29. The van der Waals surface area contributed by atoms with Gasteiger partial charge in [0.2, 0.25) is 10.0 Å². The van der Waals surface area contributed by atoms with Crippen molar-refractivity contribution >= 4 is 21.7 Å². The molecule has 0 atom stereocenters. The molecule has 0 saturated heterocycles. The Bertz CT molecular complexity index is 553. The average molecular weight is 273 g/mol. The molecule has 0 unspecified atom stereocenters. The first-order valence-electron chi connectivity index (χ1n) is 5.20. The van der Waals surface area contributed by atoms with E-state index in [9.17, 15) is 13.2 Å². The maximum Gasteiger partial charge on any atom is 0.339 e. The summed E-state index contributed by atoms with van der Waals surface area (Å²) in [6.07, 6.45) is 1.09. The van der Waals surface area contributed by atoms with Crippen molar-refractivity contribution in [2.75, 3.05) is 24.2 Å². The number of aromatic carboxylic acids is 1. The molecular formula is C11H15NO5S. The maximum absolute atomic E-state index is 11.6. The third-order valence-electron chi connectivity index (χ3n) is 2.39. The highest BCUT2D eigenvalue weighted by atomic mass is 32.2. The minimum absolute atomic E-state index is 0.00851. The lowest BCUT2D eigenvalue weighted by Gasteiger charge is -2.21. The van der Waals surface area contributed by atoms with E-state index in [1.165, 1.54) is 29.6 Å². The number of rotatable bonds is 5. The molecule has 7 heteroatoms. The van der Waals surface area contributed by atoms with Crippen LogP contribution in [0.15, 0.2) is 18.2 Å². The van der Waals surface area contributed by atoms with Gasteiger partial charge < -0.3 is 9.84 Å². The van der Waals surface area contributed by atoms with E-state index in [4.69, 9.17) is 9.84 Å². The first kappa shape index (κ1) is 14.3. The number of ether oxygens (including phenoxy) is 1. The summed E-state index contributed by atoms with van der Waals surface area (Å²) in [7, 11) is -2.06. The second-order valence-electron chi connectivity index (χ2n) is 3.62. The van der Waals surface area contributed by atoms with Crippen LogP contribution in [0.1, 0.15) is 17.3 Å². The zero-order valence-corrected chi connectivity index (χ0v) is 11.2. The molecule has 1 aromatic carbocycles. The predicted molar refractivity (Wildman–Crippen MR) is 67.8 cm³/mol. The highest BCUT2D eigenvalue weighted by molar-refractivity contribution is 7.92. The van der Waals surface area contributed by atoms with Crippen LogP contribution in [0.2, 0.25) is 0 Å². The summed E-state index contributed by atoms with van der Waals surface area (Å²) in [6, 6.07) is 4.16. The summed E-state index contributed by atoms with van der Waals surface area (Å²) < 4.78 is 29.2. The molecule has 0 heterocycles. The van der Waals surface area contributed by atoms with Crippen LogP contribution in [0, 0.1) is 0 Å². The molecule has 1 N–H and O–H groups in total. The van der Waals surface area contributed by atoms with Crippen molar-refractivity contribution in [3.05, 3.63) is 23.8 Å². The third-order valence-corrected chi connectivity index (χ3v) is 3.66. The van der Waals surface area contributed by atoms with Gasteiger partial charge in [0, 0.05) is 12.6 Å². The zero-order chi connectivity index (χ0) is 13.9. The van der Waals surface area contributed by atoms with Gasteiger partial charge in [0.25, 0.3) is 0 Å². The fourth-order valence-corrected chi connectivity index (χ4v) is 2.59. The highest BCUT2D eigenvalue weighted by Crippen LogP contribution is 2.26. The van der Waals surface area contributed by atoms with Crippen molar-refractivity contribution in [1.29, 1.82) is 0 Å². The second-order valence-corrected chi connectivity index (χ2v) is 5.52. The number of hydrogen-bond acceptors (Lipinski definition) is 4. The molecule has 0 fully saturated rings. The fourth-order valence-electron chi connectivity index (χ4n) is 1.62. The Balaban J connectivity index is 3.32. The predicted octanol–water partition coefficient (Wildman–Crippen LogP) is 1.18. The van der Waals surface area contributed by atoms with Crippen LogP contribution >= 0.6 is 0 Å². The van der Waals surface area contributed by atoms with Gasteiger partial charge in [-0.25, -0.2) is 13.2 Å². The van der Waals surface area contributed by atoms with E-state index in [2.05, 4.69) is 0 Å². The quantitative estimate of drug-likeness (QED) is 0.870. The van der Waals surface area contributed by atoms with Crippen LogP contribution in [-0.2, 0) is 10.0 Å². The van der Waals surface area contributed by atoms with E-state index in [1.54, 1.807) is 6.92 Å². The van der Waals surface area contributed by atoms with Gasteiger partial charge >= 0.3 is 5.97 Å². The molecule has 0 aliphatic carbocycles. The molecule has 0 amide bonds. The van der Waals surface area contributed by atoms with Crippen molar-refractivity contribution in [2.45, 2.75) is 6.92 Å². The summed E-state index contributed by atoms with van der Waals surface area (Å²) in [5, 5.41) is 8.93. The molecule has 100 valence electrons. The van der Waals surface area contributed by atoms with Gasteiger partial charge in [0.15, 0.2) is 0 Å². The molecule has 18 heavy (non-hydrogen) atoms. The van der Waals surface area contributed by atoms with E-state index in [1.807, 2.05) is 0 Å². The Kier molecular flexibility index (Phi) is 4.18. The fraction of sp³-hybridized carbons (Fsp3) is 0.364. The standard InChI is InChI=1S/C11H15NO5S/c1-4-12(18(3,15)16)8-5-6-9(11(13)14)10(7-8)17-2/h5-7H,4H2,1-3H3,(H,13,14). The molecule has 0 saturated carbocycles. The van der Waals surface area contributed by atoms with Crippen LogP contribution < -0.4 is 9.04 Å². The van der Waals surface area contributed by atoms with Gasteiger partial charge in [-0.15, -0.1) is 0 Å². The number of hydrogen-bond donors (Lipinski definition) is 1. The molecule has 0 aliphatic rings. The van der Waals surface area contributed by atoms with Crippen LogP contribution in [-0.4, -0.2) is 39.4 Å². The van der Waals surface area contributed by atoms with E-state index >= 15 is 0 Å². The van der Waals surface area contributed by atoms with Crippen LogP contribution in [0.5, 0.6) is 5.75 Å². The number of carbonyl (C=O) groups is 1. The Labute approximate surface area is 106 Å². The van der Waals surface area contributed by atoms with Gasteiger partial charge in [0.05, 0.1) is 19.1 Å². The molecule has 1 rings (SSSR count). The van der Waals surface area contributed by atoms with Gasteiger partial charge in [-0.05, 0) is 19.1 Å². The first-order valence-corrected chi connectivity index (χ1v) is 7.05. The zero-order valence-electron chi connectivity index (χ0n) is 10.4. The first-order chi connectivity index (χ1) is 8.31. The molecule has 0 aliphatic heterocycles. The van der Waals surface area contributed by atoms with E-state index in [-0.39, 0.29) is 17.9 Å². The second kappa shape index (κ2) is 5.26. The lowest BCUT2D eigenvalue weighted by atomic mass is 10.2.